The topological polar surface area (TPSA) is 49.4 Å². The maximum atomic E-state index is 10.8. The van der Waals surface area contributed by atoms with Crippen molar-refractivity contribution >= 4 is 5.97 Å². The molecule has 4 heteroatoms. The van der Waals surface area contributed by atoms with Crippen LogP contribution < -0.4 is 39.4 Å². The molecular formula is C12H15NaO3. The molecule has 0 aromatic heterocycles. The van der Waals surface area contributed by atoms with Crippen LogP contribution in [0.2, 0.25) is 0 Å². The normalized spacial score (nSPS) is 11.3. The van der Waals surface area contributed by atoms with Gasteiger partial charge in [0.15, 0.2) is 0 Å². The van der Waals surface area contributed by atoms with Gasteiger partial charge in [0.2, 0.25) is 0 Å². The van der Waals surface area contributed by atoms with Gasteiger partial charge in [-0.3, -0.25) is 0 Å². The Bertz CT molecular complexity index is 300. The van der Waals surface area contributed by atoms with Crippen LogP contribution in [-0.2, 0) is 4.79 Å². The van der Waals surface area contributed by atoms with E-state index in [-0.39, 0.29) is 29.6 Å². The fourth-order valence-electron chi connectivity index (χ4n) is 1.28. The molecule has 16 heavy (non-hydrogen) atoms. The average molecular weight is 230 g/mol. The number of carboxylic acid groups (broad SMARTS) is 1. The van der Waals surface area contributed by atoms with Crippen molar-refractivity contribution in [1.29, 1.82) is 0 Å². The number of aliphatic carboxylic acids is 1. The number of ether oxygens (including phenoxy) is 1. The summed E-state index contributed by atoms with van der Waals surface area (Å²) in [4.78, 5) is 10.8. The Hall–Kier alpha value is -0.510. The van der Waals surface area contributed by atoms with Crippen molar-refractivity contribution in [2.45, 2.75) is 32.3 Å². The molecule has 1 atom stereocenters. The molecule has 82 valence electrons. The first-order valence-electron chi connectivity index (χ1n) is 5.16. The molecule has 0 aliphatic heterocycles. The number of benzene rings is 1. The van der Waals surface area contributed by atoms with Gasteiger partial charge in [0.25, 0.3) is 0 Å². The van der Waals surface area contributed by atoms with Crippen molar-refractivity contribution in [1.82, 2.24) is 0 Å². The Morgan fingerprint density at radius 1 is 1.38 bits per heavy atom. The first-order chi connectivity index (χ1) is 7.24. The summed E-state index contributed by atoms with van der Waals surface area (Å²) in [6.45, 7) is 2.01. The van der Waals surface area contributed by atoms with Gasteiger partial charge < -0.3 is 14.6 Å². The van der Waals surface area contributed by atoms with Crippen LogP contribution in [0.25, 0.3) is 0 Å². The van der Waals surface area contributed by atoms with E-state index < -0.39 is 12.1 Å². The van der Waals surface area contributed by atoms with Gasteiger partial charge in [0, 0.05) is 0 Å². The van der Waals surface area contributed by atoms with Crippen molar-refractivity contribution in [2.24, 2.45) is 0 Å². The summed E-state index contributed by atoms with van der Waals surface area (Å²) in [5.74, 6) is -0.574. The van der Waals surface area contributed by atoms with E-state index in [0.29, 0.717) is 12.2 Å². The molecular weight excluding hydrogens is 215 g/mol. The molecule has 0 N–H and O–H groups in total. The van der Waals surface area contributed by atoms with Crippen LogP contribution in [0.5, 0.6) is 5.75 Å². The van der Waals surface area contributed by atoms with Crippen LogP contribution in [0, 0.1) is 0 Å². The van der Waals surface area contributed by atoms with Gasteiger partial charge >= 0.3 is 29.6 Å². The van der Waals surface area contributed by atoms with E-state index in [4.69, 9.17) is 4.74 Å². The predicted octanol–water partition coefficient (Wildman–Crippen LogP) is -1.62. The largest absolute Gasteiger partial charge is 1.00 e. The molecule has 0 amide bonds. The minimum Gasteiger partial charge on any atom is -0.546 e. The summed E-state index contributed by atoms with van der Waals surface area (Å²) in [7, 11) is 0. The summed E-state index contributed by atoms with van der Waals surface area (Å²) < 4.78 is 5.32. The van der Waals surface area contributed by atoms with Crippen LogP contribution >= 0.6 is 0 Å². The molecule has 0 saturated heterocycles. The Morgan fingerprint density at radius 3 is 2.50 bits per heavy atom. The van der Waals surface area contributed by atoms with E-state index in [9.17, 15) is 9.90 Å². The molecule has 1 aromatic carbocycles. The van der Waals surface area contributed by atoms with Crippen molar-refractivity contribution in [2.75, 3.05) is 0 Å². The van der Waals surface area contributed by atoms with Gasteiger partial charge in [0.05, 0.1) is 5.97 Å². The predicted molar refractivity (Wildman–Crippen MR) is 55.4 cm³/mol. The number of hydrogen-bond donors (Lipinski definition) is 0. The van der Waals surface area contributed by atoms with Crippen LogP contribution in [0.4, 0.5) is 0 Å². The van der Waals surface area contributed by atoms with Gasteiger partial charge in [-0.05, 0) is 25.0 Å². The third kappa shape index (κ3) is 5.54. The van der Waals surface area contributed by atoms with Crippen molar-refractivity contribution in [3.8, 4) is 5.75 Å². The van der Waals surface area contributed by atoms with E-state index in [1.165, 1.54) is 0 Å². The molecule has 0 bridgehead atoms. The summed E-state index contributed by atoms with van der Waals surface area (Å²) in [5.41, 5.74) is 0. The van der Waals surface area contributed by atoms with E-state index in [0.717, 1.165) is 12.8 Å². The van der Waals surface area contributed by atoms with E-state index in [1.54, 1.807) is 12.1 Å². The SMILES string of the molecule is CCCC[C@@H](Oc1ccccc1)C(=O)[O-].[Na+]. The van der Waals surface area contributed by atoms with Gasteiger partial charge in [-0.15, -0.1) is 0 Å². The van der Waals surface area contributed by atoms with Gasteiger partial charge in [0.1, 0.15) is 11.9 Å². The van der Waals surface area contributed by atoms with Gasteiger partial charge in [-0.2, -0.15) is 0 Å². The van der Waals surface area contributed by atoms with E-state index >= 15 is 0 Å². The Morgan fingerprint density at radius 2 is 2.00 bits per heavy atom. The number of carbonyl (C=O) groups is 1. The van der Waals surface area contributed by atoms with Crippen molar-refractivity contribution in [3.05, 3.63) is 30.3 Å². The van der Waals surface area contributed by atoms with Crippen LogP contribution in [-0.4, -0.2) is 12.1 Å². The first kappa shape index (κ1) is 15.5. The minimum absolute atomic E-state index is 0. The Labute approximate surface area is 118 Å². The van der Waals surface area contributed by atoms with E-state index in [2.05, 4.69) is 0 Å². The second-order valence-electron chi connectivity index (χ2n) is 3.38. The number of para-hydroxylation sites is 1. The summed E-state index contributed by atoms with van der Waals surface area (Å²) in [5, 5.41) is 10.8. The maximum Gasteiger partial charge on any atom is 1.00 e. The van der Waals surface area contributed by atoms with E-state index in [1.807, 2.05) is 25.1 Å². The Kier molecular flexibility index (Phi) is 8.35. The molecule has 0 heterocycles. The molecule has 0 aliphatic rings. The minimum atomic E-state index is -1.15. The zero-order chi connectivity index (χ0) is 11.1. The zero-order valence-corrected chi connectivity index (χ0v) is 11.8. The third-order valence-electron chi connectivity index (χ3n) is 2.10. The monoisotopic (exact) mass is 230 g/mol. The molecule has 3 nitrogen and oxygen atoms in total. The molecule has 0 radical (unpaired) electrons. The van der Waals surface area contributed by atoms with Crippen molar-refractivity contribution < 1.29 is 44.2 Å². The van der Waals surface area contributed by atoms with Gasteiger partial charge in [-0.25, -0.2) is 0 Å². The summed E-state index contributed by atoms with van der Waals surface area (Å²) >= 11 is 0. The number of rotatable bonds is 6. The Balaban J connectivity index is 0.00000225. The molecule has 0 fully saturated rings. The van der Waals surface area contributed by atoms with Crippen LogP contribution in [0.15, 0.2) is 30.3 Å². The summed E-state index contributed by atoms with van der Waals surface area (Å²) in [6, 6.07) is 8.94. The molecule has 0 saturated carbocycles. The number of unbranched alkanes of at least 4 members (excludes halogenated alkanes) is 1. The zero-order valence-electron chi connectivity index (χ0n) is 9.81. The molecule has 0 spiro atoms. The number of hydrogen-bond acceptors (Lipinski definition) is 3. The fourth-order valence-corrected chi connectivity index (χ4v) is 1.28. The third-order valence-corrected chi connectivity index (χ3v) is 2.10. The van der Waals surface area contributed by atoms with Crippen LogP contribution in [0.1, 0.15) is 26.2 Å². The smallest absolute Gasteiger partial charge is 0.546 e. The molecule has 1 rings (SSSR count). The van der Waals surface area contributed by atoms with Crippen LogP contribution in [0.3, 0.4) is 0 Å². The second kappa shape index (κ2) is 8.62. The molecule has 0 aliphatic carbocycles. The fraction of sp³-hybridized carbons (Fsp3) is 0.417. The molecule has 0 unspecified atom stereocenters. The summed E-state index contributed by atoms with van der Waals surface area (Å²) in [6.07, 6.45) is 1.42. The first-order valence-corrected chi connectivity index (χ1v) is 5.16. The molecule has 1 aromatic rings. The quantitative estimate of drug-likeness (QED) is 0.552. The number of carboxylic acids is 1. The van der Waals surface area contributed by atoms with Gasteiger partial charge in [-0.1, -0.05) is 31.5 Å². The maximum absolute atomic E-state index is 10.8. The van der Waals surface area contributed by atoms with Crippen molar-refractivity contribution in [3.63, 3.8) is 0 Å². The number of carbonyl (C=O) groups excluding carboxylic acids is 1. The average Bonchev–Trinajstić information content (AvgIpc) is 2.25. The second-order valence-corrected chi connectivity index (χ2v) is 3.38. The standard InChI is InChI=1S/C12H16O3.Na/c1-2-3-9-11(12(13)14)15-10-7-5-4-6-8-10;/h4-8,11H,2-3,9H2,1H3,(H,13,14);/q;+1/p-1/t11-;/m1./s1.